The zero-order chi connectivity index (χ0) is 10.7. The fraction of sp³-hybridized carbons (Fsp3) is 0.800. The van der Waals surface area contributed by atoms with Gasteiger partial charge in [-0.3, -0.25) is 4.90 Å². The molecule has 16 heavy (non-hydrogen) atoms. The van der Waals surface area contributed by atoms with Crippen LogP contribution in [0.1, 0.15) is 31.5 Å². The quantitative estimate of drug-likeness (QED) is 0.858. The highest BCUT2D eigenvalue weighted by molar-refractivity contribution is 5.85. The molecule has 5 nitrogen and oxygen atoms in total. The summed E-state index contributed by atoms with van der Waals surface area (Å²) >= 11 is 0. The number of halogens is 1. The molecule has 0 spiro atoms. The summed E-state index contributed by atoms with van der Waals surface area (Å²) < 4.78 is 5.07. The second-order valence-electron chi connectivity index (χ2n) is 3.96. The second-order valence-corrected chi connectivity index (χ2v) is 3.96. The first kappa shape index (κ1) is 13.4. The van der Waals surface area contributed by atoms with Gasteiger partial charge >= 0.3 is 0 Å². The Balaban J connectivity index is 0.00000128. The average molecular weight is 247 g/mol. The van der Waals surface area contributed by atoms with Crippen molar-refractivity contribution < 1.29 is 4.52 Å². The standard InChI is InChI=1S/C10H18N4O.ClH/c1-2-10-12-9(13-15-10)7-14-5-3-4-8(14)6-11;/h8H,2-7,11H2,1H3;1H. The highest BCUT2D eigenvalue weighted by Gasteiger charge is 2.24. The van der Waals surface area contributed by atoms with Gasteiger partial charge in [-0.2, -0.15) is 4.98 Å². The van der Waals surface area contributed by atoms with E-state index in [-0.39, 0.29) is 12.4 Å². The van der Waals surface area contributed by atoms with E-state index in [0.717, 1.165) is 31.9 Å². The van der Waals surface area contributed by atoms with Gasteiger partial charge in [-0.25, -0.2) is 0 Å². The van der Waals surface area contributed by atoms with Crippen LogP contribution in [0.2, 0.25) is 0 Å². The van der Waals surface area contributed by atoms with Crippen LogP contribution in [0, 0.1) is 0 Å². The van der Waals surface area contributed by atoms with E-state index in [2.05, 4.69) is 15.0 Å². The lowest BCUT2D eigenvalue weighted by atomic mass is 10.2. The molecule has 0 aliphatic carbocycles. The Bertz CT molecular complexity index is 318. The van der Waals surface area contributed by atoms with Gasteiger partial charge in [0.2, 0.25) is 5.89 Å². The molecule has 6 heteroatoms. The number of nitrogens with zero attached hydrogens (tertiary/aromatic N) is 3. The number of rotatable bonds is 4. The maximum atomic E-state index is 5.70. The highest BCUT2D eigenvalue weighted by atomic mass is 35.5. The summed E-state index contributed by atoms with van der Waals surface area (Å²) in [4.78, 5) is 6.64. The number of aromatic nitrogens is 2. The lowest BCUT2D eigenvalue weighted by molar-refractivity contribution is 0.240. The molecule has 1 unspecified atom stereocenters. The largest absolute Gasteiger partial charge is 0.339 e. The van der Waals surface area contributed by atoms with Crippen molar-refractivity contribution in [1.29, 1.82) is 0 Å². The molecule has 1 aliphatic heterocycles. The predicted molar refractivity (Wildman–Crippen MR) is 63.4 cm³/mol. The van der Waals surface area contributed by atoms with Crippen molar-refractivity contribution in [1.82, 2.24) is 15.0 Å². The molecule has 92 valence electrons. The minimum absolute atomic E-state index is 0. The molecule has 0 amide bonds. The zero-order valence-corrected chi connectivity index (χ0v) is 10.4. The summed E-state index contributed by atoms with van der Waals surface area (Å²) in [7, 11) is 0. The fourth-order valence-corrected chi connectivity index (χ4v) is 2.05. The van der Waals surface area contributed by atoms with Crippen LogP contribution < -0.4 is 5.73 Å². The molecule has 1 aromatic heterocycles. The van der Waals surface area contributed by atoms with Gasteiger partial charge in [0.15, 0.2) is 5.82 Å². The molecule has 1 atom stereocenters. The van der Waals surface area contributed by atoms with Gasteiger partial charge in [-0.15, -0.1) is 12.4 Å². The maximum Gasteiger partial charge on any atom is 0.226 e. The van der Waals surface area contributed by atoms with Crippen molar-refractivity contribution in [3.8, 4) is 0 Å². The number of likely N-dealkylation sites (tertiary alicyclic amines) is 1. The number of aryl methyl sites for hydroxylation is 1. The first-order valence-corrected chi connectivity index (χ1v) is 5.59. The molecule has 2 rings (SSSR count). The average Bonchev–Trinajstić information content (AvgIpc) is 2.87. The Morgan fingerprint density at radius 2 is 2.38 bits per heavy atom. The molecule has 2 N–H and O–H groups in total. The van der Waals surface area contributed by atoms with E-state index in [1.54, 1.807) is 0 Å². The van der Waals surface area contributed by atoms with Gasteiger partial charge in [0.05, 0.1) is 6.54 Å². The number of nitrogens with two attached hydrogens (primary N) is 1. The van der Waals surface area contributed by atoms with E-state index < -0.39 is 0 Å². The van der Waals surface area contributed by atoms with Crippen molar-refractivity contribution in [2.24, 2.45) is 5.73 Å². The van der Waals surface area contributed by atoms with Gasteiger partial charge in [0.25, 0.3) is 0 Å². The summed E-state index contributed by atoms with van der Waals surface area (Å²) in [5.74, 6) is 1.50. The first-order valence-electron chi connectivity index (χ1n) is 5.59. The Morgan fingerprint density at radius 1 is 1.56 bits per heavy atom. The van der Waals surface area contributed by atoms with Crippen LogP contribution >= 0.6 is 12.4 Å². The fourth-order valence-electron chi connectivity index (χ4n) is 2.05. The van der Waals surface area contributed by atoms with Gasteiger partial charge < -0.3 is 10.3 Å². The van der Waals surface area contributed by atoms with E-state index in [1.165, 1.54) is 12.8 Å². The molecule has 1 fully saturated rings. The third-order valence-corrected chi connectivity index (χ3v) is 2.93. The second kappa shape index (κ2) is 6.18. The van der Waals surface area contributed by atoms with Crippen molar-refractivity contribution in [2.75, 3.05) is 13.1 Å². The van der Waals surface area contributed by atoms with Crippen LogP contribution in [-0.2, 0) is 13.0 Å². The van der Waals surface area contributed by atoms with Crippen molar-refractivity contribution in [3.05, 3.63) is 11.7 Å². The molecule has 1 saturated heterocycles. The number of hydrogen-bond acceptors (Lipinski definition) is 5. The van der Waals surface area contributed by atoms with E-state index in [0.29, 0.717) is 11.9 Å². The summed E-state index contributed by atoms with van der Waals surface area (Å²) in [6, 6.07) is 0.494. The monoisotopic (exact) mass is 246 g/mol. The Labute approximate surface area is 102 Å². The molecule has 1 aliphatic rings. The summed E-state index contributed by atoms with van der Waals surface area (Å²) in [6.07, 6.45) is 3.21. The number of hydrogen-bond donors (Lipinski definition) is 1. The van der Waals surface area contributed by atoms with Gasteiger partial charge in [0, 0.05) is 19.0 Å². The van der Waals surface area contributed by atoms with Crippen molar-refractivity contribution in [2.45, 2.75) is 38.8 Å². The smallest absolute Gasteiger partial charge is 0.226 e. The Kier molecular flexibility index (Phi) is 5.18. The molecule has 0 aromatic carbocycles. The van der Waals surface area contributed by atoms with E-state index in [9.17, 15) is 0 Å². The molecular formula is C10H19ClN4O. The normalized spacial score (nSPS) is 21.0. The molecule has 2 heterocycles. The Morgan fingerprint density at radius 3 is 3.00 bits per heavy atom. The first-order chi connectivity index (χ1) is 7.33. The third-order valence-electron chi connectivity index (χ3n) is 2.93. The van der Waals surface area contributed by atoms with Crippen LogP contribution in [0.25, 0.3) is 0 Å². The zero-order valence-electron chi connectivity index (χ0n) is 9.56. The lowest BCUT2D eigenvalue weighted by Crippen LogP contribution is -2.35. The third kappa shape index (κ3) is 2.93. The summed E-state index contributed by atoms with van der Waals surface area (Å²) in [5.41, 5.74) is 5.70. The van der Waals surface area contributed by atoms with Crippen molar-refractivity contribution >= 4 is 12.4 Å². The molecular weight excluding hydrogens is 228 g/mol. The van der Waals surface area contributed by atoms with Crippen LogP contribution in [0.3, 0.4) is 0 Å². The molecule has 0 bridgehead atoms. The summed E-state index contributed by atoms with van der Waals surface area (Å²) in [6.45, 7) is 4.59. The Hall–Kier alpha value is -0.650. The molecule has 0 saturated carbocycles. The molecule has 1 aromatic rings. The maximum absolute atomic E-state index is 5.70. The van der Waals surface area contributed by atoms with Crippen molar-refractivity contribution in [3.63, 3.8) is 0 Å². The van der Waals surface area contributed by atoms with E-state index >= 15 is 0 Å². The topological polar surface area (TPSA) is 68.2 Å². The van der Waals surface area contributed by atoms with E-state index in [1.807, 2.05) is 6.92 Å². The van der Waals surface area contributed by atoms with Crippen LogP contribution in [0.5, 0.6) is 0 Å². The van der Waals surface area contributed by atoms with Crippen LogP contribution in [0.15, 0.2) is 4.52 Å². The van der Waals surface area contributed by atoms with Gasteiger partial charge in [0.1, 0.15) is 0 Å². The van der Waals surface area contributed by atoms with Crippen LogP contribution in [0.4, 0.5) is 0 Å². The lowest BCUT2D eigenvalue weighted by Gasteiger charge is -2.20. The molecule has 0 radical (unpaired) electrons. The minimum atomic E-state index is 0. The van der Waals surface area contributed by atoms with Crippen LogP contribution in [-0.4, -0.2) is 34.2 Å². The minimum Gasteiger partial charge on any atom is -0.339 e. The van der Waals surface area contributed by atoms with Gasteiger partial charge in [-0.1, -0.05) is 12.1 Å². The predicted octanol–water partition coefficient (Wildman–Crippen LogP) is 0.977. The summed E-state index contributed by atoms with van der Waals surface area (Å²) in [5, 5.41) is 3.95. The highest BCUT2D eigenvalue weighted by Crippen LogP contribution is 2.18. The SMILES string of the molecule is CCc1nc(CN2CCCC2CN)no1.Cl. The van der Waals surface area contributed by atoms with E-state index in [4.69, 9.17) is 10.3 Å². The van der Waals surface area contributed by atoms with Gasteiger partial charge in [-0.05, 0) is 19.4 Å².